The van der Waals surface area contributed by atoms with E-state index in [0.29, 0.717) is 13.2 Å². The summed E-state index contributed by atoms with van der Waals surface area (Å²) in [6.07, 6.45) is 1.84. The standard InChI is InChI=1S/C21H22BNO3/c1-20(2,24)21(3,4)26-22-16-11-7-10-15-17-14-9-6-5-8-13(14)12-23-19(17)25-18(15)16/h5-12,22,24H,1-4H3. The number of nitrogens with zero attached hydrogens (tertiary/aromatic N) is 1. The second-order valence-corrected chi connectivity index (χ2v) is 7.78. The average molecular weight is 347 g/mol. The number of hydrogen-bond acceptors (Lipinski definition) is 4. The summed E-state index contributed by atoms with van der Waals surface area (Å²) >= 11 is 0. The molecule has 4 aromatic rings. The van der Waals surface area contributed by atoms with Gasteiger partial charge in [-0.25, -0.2) is 4.98 Å². The highest BCUT2D eigenvalue weighted by Gasteiger charge is 2.36. The lowest BCUT2D eigenvalue weighted by molar-refractivity contribution is -0.0893. The zero-order chi connectivity index (χ0) is 18.5. The summed E-state index contributed by atoms with van der Waals surface area (Å²) in [5, 5.41) is 14.6. The maximum atomic E-state index is 10.3. The number of hydrogen-bond donors (Lipinski definition) is 1. The van der Waals surface area contributed by atoms with Crippen molar-refractivity contribution in [1.82, 2.24) is 4.98 Å². The first-order valence-electron chi connectivity index (χ1n) is 8.82. The molecule has 2 heterocycles. The lowest BCUT2D eigenvalue weighted by atomic mass is 9.82. The third-order valence-corrected chi connectivity index (χ3v) is 5.39. The van der Waals surface area contributed by atoms with Crippen LogP contribution >= 0.6 is 0 Å². The highest BCUT2D eigenvalue weighted by molar-refractivity contribution is 6.51. The maximum Gasteiger partial charge on any atom is 0.313 e. The van der Waals surface area contributed by atoms with E-state index in [9.17, 15) is 5.11 Å². The molecule has 0 unspecified atom stereocenters. The van der Waals surface area contributed by atoms with Crippen LogP contribution in [0, 0.1) is 0 Å². The molecule has 0 fully saturated rings. The van der Waals surface area contributed by atoms with Gasteiger partial charge in [-0.3, -0.25) is 0 Å². The fourth-order valence-electron chi connectivity index (χ4n) is 3.03. The zero-order valence-corrected chi connectivity index (χ0v) is 15.5. The number of para-hydroxylation sites is 1. The van der Waals surface area contributed by atoms with Crippen molar-refractivity contribution >= 4 is 45.8 Å². The third kappa shape index (κ3) is 2.68. The summed E-state index contributed by atoms with van der Waals surface area (Å²) in [5.41, 5.74) is 0.728. The van der Waals surface area contributed by atoms with Crippen LogP contribution in [0.5, 0.6) is 0 Å². The van der Waals surface area contributed by atoms with Gasteiger partial charge in [0.25, 0.3) is 0 Å². The molecular weight excluding hydrogens is 325 g/mol. The normalized spacial score (nSPS) is 13.0. The van der Waals surface area contributed by atoms with Gasteiger partial charge in [-0.15, -0.1) is 0 Å². The van der Waals surface area contributed by atoms with Crippen molar-refractivity contribution in [3.05, 3.63) is 48.7 Å². The van der Waals surface area contributed by atoms with Gasteiger partial charge in [0.2, 0.25) is 5.71 Å². The monoisotopic (exact) mass is 347 g/mol. The van der Waals surface area contributed by atoms with E-state index in [1.54, 1.807) is 13.8 Å². The largest absolute Gasteiger partial charge is 0.438 e. The van der Waals surface area contributed by atoms with Crippen molar-refractivity contribution in [2.45, 2.75) is 38.9 Å². The minimum Gasteiger partial charge on any atom is -0.438 e. The van der Waals surface area contributed by atoms with Gasteiger partial charge in [0.15, 0.2) is 0 Å². The molecule has 0 amide bonds. The highest BCUT2D eigenvalue weighted by Crippen LogP contribution is 2.32. The summed E-state index contributed by atoms with van der Waals surface area (Å²) < 4.78 is 12.1. The predicted octanol–water partition coefficient (Wildman–Crippen LogP) is 3.68. The molecule has 0 saturated heterocycles. The van der Waals surface area contributed by atoms with E-state index < -0.39 is 11.2 Å². The van der Waals surface area contributed by atoms with Crippen molar-refractivity contribution in [3.8, 4) is 0 Å². The first kappa shape index (κ1) is 17.1. The number of fused-ring (bicyclic) bond motifs is 5. The quantitative estimate of drug-likeness (QED) is 0.572. The molecule has 0 aliphatic carbocycles. The summed E-state index contributed by atoms with van der Waals surface area (Å²) in [5.74, 6) is 0. The van der Waals surface area contributed by atoms with Crippen molar-refractivity contribution < 1.29 is 14.2 Å². The number of rotatable bonds is 4. The van der Waals surface area contributed by atoms with Gasteiger partial charge in [0.05, 0.1) is 16.6 Å². The summed E-state index contributed by atoms with van der Waals surface area (Å²) in [7, 11) is 0.353. The number of aromatic nitrogens is 1. The van der Waals surface area contributed by atoms with E-state index in [2.05, 4.69) is 23.2 Å². The van der Waals surface area contributed by atoms with Gasteiger partial charge in [0, 0.05) is 17.0 Å². The first-order valence-corrected chi connectivity index (χ1v) is 8.82. The Hall–Kier alpha value is -2.37. The topological polar surface area (TPSA) is 55.5 Å². The van der Waals surface area contributed by atoms with Crippen LogP contribution in [0.2, 0.25) is 0 Å². The Morgan fingerprint density at radius 2 is 1.73 bits per heavy atom. The molecule has 5 heteroatoms. The molecule has 4 rings (SSSR count). The Morgan fingerprint density at radius 3 is 2.50 bits per heavy atom. The van der Waals surface area contributed by atoms with Gasteiger partial charge in [-0.1, -0.05) is 42.5 Å². The second kappa shape index (κ2) is 5.83. The molecule has 0 saturated carbocycles. The van der Waals surface area contributed by atoms with Crippen LogP contribution in [0.1, 0.15) is 27.7 Å². The highest BCUT2D eigenvalue weighted by atomic mass is 16.5. The molecule has 0 aliphatic heterocycles. The molecule has 2 aromatic carbocycles. The smallest absolute Gasteiger partial charge is 0.313 e. The Bertz CT molecular complexity index is 1110. The zero-order valence-electron chi connectivity index (χ0n) is 15.5. The van der Waals surface area contributed by atoms with Crippen LogP contribution in [-0.4, -0.2) is 28.8 Å². The second-order valence-electron chi connectivity index (χ2n) is 7.78. The van der Waals surface area contributed by atoms with E-state index in [0.717, 1.165) is 32.6 Å². The Labute approximate surface area is 153 Å². The Balaban J connectivity index is 1.84. The molecule has 26 heavy (non-hydrogen) atoms. The molecule has 1 N–H and O–H groups in total. The van der Waals surface area contributed by atoms with Crippen LogP contribution in [0.4, 0.5) is 0 Å². The Morgan fingerprint density at radius 1 is 1.00 bits per heavy atom. The molecule has 0 bridgehead atoms. The van der Waals surface area contributed by atoms with E-state index in [1.165, 1.54) is 0 Å². The maximum absolute atomic E-state index is 10.3. The van der Waals surface area contributed by atoms with E-state index in [4.69, 9.17) is 9.07 Å². The average Bonchev–Trinajstić information content (AvgIpc) is 2.98. The minimum atomic E-state index is -0.952. The van der Waals surface area contributed by atoms with Gasteiger partial charge < -0.3 is 14.2 Å². The van der Waals surface area contributed by atoms with E-state index in [1.807, 2.05) is 44.3 Å². The lowest BCUT2D eigenvalue weighted by Gasteiger charge is -2.37. The molecule has 0 atom stereocenters. The minimum absolute atomic E-state index is 0.353. The fraction of sp³-hybridized carbons (Fsp3) is 0.286. The fourth-order valence-corrected chi connectivity index (χ4v) is 3.03. The summed E-state index contributed by atoms with van der Waals surface area (Å²) in [6, 6.07) is 14.2. The van der Waals surface area contributed by atoms with Gasteiger partial charge in [0.1, 0.15) is 5.58 Å². The van der Waals surface area contributed by atoms with Crippen molar-refractivity contribution in [1.29, 1.82) is 0 Å². The van der Waals surface area contributed by atoms with Crippen molar-refractivity contribution in [2.75, 3.05) is 0 Å². The third-order valence-electron chi connectivity index (χ3n) is 5.39. The van der Waals surface area contributed by atoms with Crippen LogP contribution in [0.25, 0.3) is 32.8 Å². The summed E-state index contributed by atoms with van der Waals surface area (Å²) in [6.45, 7) is 7.29. The molecule has 0 aliphatic rings. The number of aliphatic hydroxyl groups is 1. The van der Waals surface area contributed by atoms with Gasteiger partial charge >= 0.3 is 7.48 Å². The van der Waals surface area contributed by atoms with E-state index >= 15 is 0 Å². The molecule has 0 spiro atoms. The molecule has 132 valence electrons. The van der Waals surface area contributed by atoms with Gasteiger partial charge in [-0.05, 0) is 38.5 Å². The van der Waals surface area contributed by atoms with Crippen LogP contribution in [0.15, 0.2) is 53.1 Å². The SMILES string of the molecule is CC(C)(O)C(C)(C)OBc1cccc2c1oc1ncc3ccccc3c12. The van der Waals surface area contributed by atoms with Crippen LogP contribution < -0.4 is 5.46 Å². The first-order chi connectivity index (χ1) is 12.3. The molecule has 2 aromatic heterocycles. The Kier molecular flexibility index (Phi) is 3.83. The lowest BCUT2D eigenvalue weighted by Crippen LogP contribution is -2.49. The predicted molar refractivity (Wildman–Crippen MR) is 107 cm³/mol. The van der Waals surface area contributed by atoms with Gasteiger partial charge in [-0.2, -0.15) is 0 Å². The molecule has 4 nitrogen and oxygen atoms in total. The van der Waals surface area contributed by atoms with Crippen LogP contribution in [-0.2, 0) is 4.65 Å². The molecule has 0 radical (unpaired) electrons. The molecular formula is C21H22BNO3. The van der Waals surface area contributed by atoms with E-state index in [-0.39, 0.29) is 0 Å². The van der Waals surface area contributed by atoms with Crippen molar-refractivity contribution in [3.63, 3.8) is 0 Å². The van der Waals surface area contributed by atoms with Crippen LogP contribution in [0.3, 0.4) is 0 Å². The summed E-state index contributed by atoms with van der Waals surface area (Å²) in [4.78, 5) is 4.49. The number of furan rings is 1. The van der Waals surface area contributed by atoms with Crippen molar-refractivity contribution in [2.24, 2.45) is 0 Å². The number of benzene rings is 2. The number of pyridine rings is 1.